The minimum atomic E-state index is -0.915. The number of carbonyl (C=O) groups is 1. The van der Waals surface area contributed by atoms with Gasteiger partial charge in [-0.15, -0.1) is 0 Å². The average molecular weight is 558 g/mol. The maximum atomic E-state index is 13.9. The fourth-order valence-electron chi connectivity index (χ4n) is 4.48. The molecule has 0 saturated heterocycles. The van der Waals surface area contributed by atoms with E-state index in [-0.39, 0.29) is 33.7 Å². The highest BCUT2D eigenvalue weighted by atomic mass is 32.1. The summed E-state index contributed by atoms with van der Waals surface area (Å²) < 4.78 is 12.4. The lowest BCUT2D eigenvalue weighted by Gasteiger charge is -2.26. The molecule has 40 heavy (non-hydrogen) atoms. The van der Waals surface area contributed by atoms with Crippen LogP contribution in [0.1, 0.15) is 29.7 Å². The third-order valence-corrected chi connectivity index (χ3v) is 7.27. The number of hydrogen-bond donors (Lipinski definition) is 1. The summed E-state index contributed by atoms with van der Waals surface area (Å²) in [5.74, 6) is -0.316. The molecule has 1 N–H and O–H groups in total. The number of nitro benzene ring substituents is 1. The van der Waals surface area contributed by atoms with E-state index in [0.29, 0.717) is 27.4 Å². The number of carbonyl (C=O) groups excluding carboxylic acids is 1. The SMILES string of the molecule is CCOC(=O)C1=C(c2ccccc2)N=c2sc(=Cc3cc([N+](=O)[O-])ccc3O)c(=O)n2[C@H]1c1cccc(OC)c1. The number of nitro groups is 1. The van der Waals surface area contributed by atoms with Crippen LogP contribution in [-0.2, 0) is 9.53 Å². The van der Waals surface area contributed by atoms with Gasteiger partial charge in [-0.05, 0) is 36.8 Å². The topological polar surface area (TPSA) is 133 Å². The highest BCUT2D eigenvalue weighted by Crippen LogP contribution is 2.36. The number of hydrogen-bond acceptors (Lipinski definition) is 9. The first-order chi connectivity index (χ1) is 19.3. The Kier molecular flexibility index (Phi) is 7.30. The fraction of sp³-hybridized carbons (Fsp3) is 0.138. The predicted octanol–water partition coefficient (Wildman–Crippen LogP) is 3.56. The van der Waals surface area contributed by atoms with Gasteiger partial charge in [-0.2, -0.15) is 0 Å². The van der Waals surface area contributed by atoms with Gasteiger partial charge in [0.05, 0.1) is 40.5 Å². The number of ether oxygens (including phenoxy) is 2. The van der Waals surface area contributed by atoms with E-state index < -0.39 is 22.5 Å². The Morgan fingerprint density at radius 1 is 1.15 bits per heavy atom. The van der Waals surface area contributed by atoms with Crippen LogP contribution in [0, 0.1) is 10.1 Å². The summed E-state index contributed by atoms with van der Waals surface area (Å²) in [4.78, 5) is 43.2. The normalized spacial score (nSPS) is 14.8. The predicted molar refractivity (Wildman–Crippen MR) is 149 cm³/mol. The summed E-state index contributed by atoms with van der Waals surface area (Å²) in [5.41, 5.74) is 1.17. The molecule has 0 radical (unpaired) electrons. The highest BCUT2D eigenvalue weighted by Gasteiger charge is 2.35. The summed E-state index contributed by atoms with van der Waals surface area (Å²) in [5, 5.41) is 21.7. The zero-order valence-electron chi connectivity index (χ0n) is 21.4. The smallest absolute Gasteiger partial charge is 0.338 e. The highest BCUT2D eigenvalue weighted by molar-refractivity contribution is 7.07. The van der Waals surface area contributed by atoms with Crippen LogP contribution >= 0.6 is 11.3 Å². The van der Waals surface area contributed by atoms with Crippen molar-refractivity contribution in [2.45, 2.75) is 13.0 Å². The Balaban J connectivity index is 1.84. The molecule has 0 bridgehead atoms. The van der Waals surface area contributed by atoms with Crippen LogP contribution in [0.2, 0.25) is 0 Å². The second-order valence-corrected chi connectivity index (χ2v) is 9.72. The number of fused-ring (bicyclic) bond motifs is 1. The molecule has 2 heterocycles. The van der Waals surface area contributed by atoms with Crippen LogP contribution in [0.5, 0.6) is 11.5 Å². The molecule has 10 nitrogen and oxygen atoms in total. The summed E-state index contributed by atoms with van der Waals surface area (Å²) in [6.07, 6.45) is 1.38. The molecule has 202 valence electrons. The molecular weight excluding hydrogens is 534 g/mol. The summed E-state index contributed by atoms with van der Waals surface area (Å²) in [7, 11) is 1.52. The lowest BCUT2D eigenvalue weighted by Crippen LogP contribution is -2.40. The minimum absolute atomic E-state index is 0.102. The van der Waals surface area contributed by atoms with Crippen molar-refractivity contribution in [2.75, 3.05) is 13.7 Å². The van der Waals surface area contributed by atoms with Gasteiger partial charge in [0.15, 0.2) is 4.80 Å². The van der Waals surface area contributed by atoms with Crippen LogP contribution in [0.3, 0.4) is 0 Å². The number of aromatic nitrogens is 1. The van der Waals surface area contributed by atoms with Crippen molar-refractivity contribution < 1.29 is 24.3 Å². The quantitative estimate of drug-likeness (QED) is 0.209. The number of nitrogens with zero attached hydrogens (tertiary/aromatic N) is 3. The first-order valence-electron chi connectivity index (χ1n) is 12.2. The first-order valence-corrected chi connectivity index (χ1v) is 13.0. The Morgan fingerprint density at radius 2 is 1.93 bits per heavy atom. The Morgan fingerprint density at radius 3 is 2.62 bits per heavy atom. The number of phenols is 1. The third-order valence-electron chi connectivity index (χ3n) is 6.29. The van der Waals surface area contributed by atoms with Gasteiger partial charge in [0.2, 0.25) is 0 Å². The van der Waals surface area contributed by atoms with Gasteiger partial charge < -0.3 is 14.6 Å². The van der Waals surface area contributed by atoms with E-state index in [1.807, 2.05) is 30.3 Å². The van der Waals surface area contributed by atoms with Gasteiger partial charge in [-0.25, -0.2) is 9.79 Å². The number of thiazole rings is 1. The molecule has 1 aliphatic heterocycles. The van der Waals surface area contributed by atoms with Crippen molar-refractivity contribution in [1.82, 2.24) is 4.57 Å². The molecule has 3 aromatic carbocycles. The van der Waals surface area contributed by atoms with Gasteiger partial charge in [-0.1, -0.05) is 53.8 Å². The largest absolute Gasteiger partial charge is 0.507 e. The second-order valence-electron chi connectivity index (χ2n) is 8.71. The zero-order valence-corrected chi connectivity index (χ0v) is 22.3. The molecule has 1 aliphatic rings. The molecule has 11 heteroatoms. The maximum Gasteiger partial charge on any atom is 0.338 e. The van der Waals surface area contributed by atoms with Crippen molar-refractivity contribution in [3.63, 3.8) is 0 Å². The van der Waals surface area contributed by atoms with E-state index in [1.165, 1.54) is 36.0 Å². The fourth-order valence-corrected chi connectivity index (χ4v) is 5.47. The molecule has 0 fully saturated rings. The molecule has 0 unspecified atom stereocenters. The van der Waals surface area contributed by atoms with Crippen LogP contribution < -0.4 is 19.6 Å². The van der Waals surface area contributed by atoms with Crippen molar-refractivity contribution in [3.05, 3.63) is 125 Å². The van der Waals surface area contributed by atoms with E-state index in [2.05, 4.69) is 0 Å². The molecule has 0 amide bonds. The third kappa shape index (κ3) is 4.90. The molecular formula is C29H23N3O7S. The van der Waals surface area contributed by atoms with Crippen molar-refractivity contribution in [1.29, 1.82) is 0 Å². The number of rotatable bonds is 7. The lowest BCUT2D eigenvalue weighted by molar-refractivity contribution is -0.384. The van der Waals surface area contributed by atoms with E-state index in [1.54, 1.807) is 31.2 Å². The number of phenolic OH excluding ortho intramolecular Hbond substituents is 1. The Labute approximate surface area is 231 Å². The molecule has 5 rings (SSSR count). The van der Waals surface area contributed by atoms with Gasteiger partial charge in [0.25, 0.3) is 11.2 Å². The molecule has 0 spiro atoms. The number of esters is 1. The van der Waals surface area contributed by atoms with Crippen LogP contribution in [0.15, 0.2) is 88.2 Å². The van der Waals surface area contributed by atoms with E-state index >= 15 is 0 Å². The first kappa shape index (κ1) is 26.6. The summed E-state index contributed by atoms with van der Waals surface area (Å²) >= 11 is 1.04. The number of methoxy groups -OCH3 is 1. The zero-order chi connectivity index (χ0) is 28.4. The van der Waals surface area contributed by atoms with Crippen LogP contribution in [0.25, 0.3) is 11.8 Å². The maximum absolute atomic E-state index is 13.9. The summed E-state index contributed by atoms with van der Waals surface area (Å²) in [6, 6.07) is 18.8. The van der Waals surface area contributed by atoms with Crippen molar-refractivity contribution in [2.24, 2.45) is 4.99 Å². The van der Waals surface area contributed by atoms with E-state index in [9.17, 15) is 24.8 Å². The van der Waals surface area contributed by atoms with Crippen molar-refractivity contribution in [3.8, 4) is 11.5 Å². The second kappa shape index (κ2) is 11.0. The van der Waals surface area contributed by atoms with Crippen LogP contribution in [-0.4, -0.2) is 34.3 Å². The monoisotopic (exact) mass is 557 g/mol. The molecule has 0 aliphatic carbocycles. The Hall–Kier alpha value is -5.03. The van der Waals surface area contributed by atoms with E-state index in [4.69, 9.17) is 14.5 Å². The number of benzene rings is 3. The minimum Gasteiger partial charge on any atom is -0.507 e. The standard InChI is InChI=1S/C29H23N3O7S/c1-3-39-28(35)24-25(17-8-5-4-6-9-17)30-29-31(26(24)18-10-7-11-21(15-18)38-2)27(34)23(40-29)16-19-14-20(32(36)37)12-13-22(19)33/h4-16,26,33H,3H2,1-2H3/t26-/m0/s1. The molecule has 4 aromatic rings. The average Bonchev–Trinajstić information content (AvgIpc) is 3.28. The van der Waals surface area contributed by atoms with Gasteiger partial charge in [-0.3, -0.25) is 19.5 Å². The molecule has 1 atom stereocenters. The Bertz CT molecular complexity index is 1840. The van der Waals surface area contributed by atoms with Gasteiger partial charge >= 0.3 is 5.97 Å². The van der Waals surface area contributed by atoms with E-state index in [0.717, 1.165) is 11.3 Å². The molecule has 0 saturated carbocycles. The van der Waals surface area contributed by atoms with Crippen molar-refractivity contribution >= 4 is 34.8 Å². The summed E-state index contributed by atoms with van der Waals surface area (Å²) in [6.45, 7) is 1.81. The lowest BCUT2D eigenvalue weighted by atomic mass is 9.93. The number of non-ortho nitro benzene ring substituents is 1. The number of aromatic hydroxyl groups is 1. The van der Waals surface area contributed by atoms with Gasteiger partial charge in [0.1, 0.15) is 11.5 Å². The van der Waals surface area contributed by atoms with Gasteiger partial charge in [0, 0.05) is 23.3 Å². The molecule has 1 aromatic heterocycles. The van der Waals surface area contributed by atoms with Crippen LogP contribution in [0.4, 0.5) is 5.69 Å².